The highest BCUT2D eigenvalue weighted by molar-refractivity contribution is 6.36. The van der Waals surface area contributed by atoms with E-state index in [1.165, 1.54) is 57.7 Å². The Kier molecular flexibility index (Phi) is 8.40. The largest absolute Gasteiger partial charge is 0.493 e. The van der Waals surface area contributed by atoms with Gasteiger partial charge < -0.3 is 19.5 Å². The van der Waals surface area contributed by atoms with Crippen LogP contribution in [0.2, 0.25) is 10.0 Å². The first-order valence-corrected chi connectivity index (χ1v) is 10.8. The van der Waals surface area contributed by atoms with E-state index in [0.717, 1.165) is 0 Å². The number of benzene rings is 3. The third kappa shape index (κ3) is 5.95. The van der Waals surface area contributed by atoms with Crippen molar-refractivity contribution in [3.8, 4) is 17.2 Å². The number of hydrogen-bond donors (Lipinski definition) is 3. The molecule has 0 radical (unpaired) electrons. The first kappa shape index (κ1) is 25.7. The van der Waals surface area contributed by atoms with Crippen molar-refractivity contribution in [3.63, 3.8) is 0 Å². The van der Waals surface area contributed by atoms with Crippen molar-refractivity contribution in [2.45, 2.75) is 0 Å². The Bertz CT molecular complexity index is 1260. The van der Waals surface area contributed by atoms with E-state index in [0.29, 0.717) is 22.3 Å². The Morgan fingerprint density at radius 3 is 1.89 bits per heavy atom. The van der Waals surface area contributed by atoms with E-state index in [9.17, 15) is 14.4 Å². The zero-order chi connectivity index (χ0) is 25.5. The van der Waals surface area contributed by atoms with E-state index >= 15 is 0 Å². The second kappa shape index (κ2) is 11.5. The summed E-state index contributed by atoms with van der Waals surface area (Å²) in [4.78, 5) is 38.1. The van der Waals surface area contributed by atoms with Crippen molar-refractivity contribution < 1.29 is 28.6 Å². The van der Waals surface area contributed by atoms with Crippen molar-refractivity contribution in [3.05, 3.63) is 81.3 Å². The molecule has 0 saturated carbocycles. The van der Waals surface area contributed by atoms with Crippen LogP contribution in [-0.4, -0.2) is 39.1 Å². The van der Waals surface area contributed by atoms with Crippen molar-refractivity contribution in [1.29, 1.82) is 0 Å². The first-order chi connectivity index (χ1) is 16.8. The number of para-hydroxylation sites is 1. The predicted octanol–water partition coefficient (Wildman–Crippen LogP) is 4.35. The molecule has 0 aromatic heterocycles. The lowest BCUT2D eigenvalue weighted by Gasteiger charge is -2.15. The highest BCUT2D eigenvalue weighted by atomic mass is 35.5. The molecule has 3 rings (SSSR count). The number of amides is 3. The molecule has 0 fully saturated rings. The van der Waals surface area contributed by atoms with Gasteiger partial charge in [-0.3, -0.25) is 25.2 Å². The van der Waals surface area contributed by atoms with Gasteiger partial charge in [0.15, 0.2) is 11.5 Å². The van der Waals surface area contributed by atoms with Gasteiger partial charge in [-0.05, 0) is 42.5 Å². The van der Waals surface area contributed by atoms with Crippen molar-refractivity contribution in [1.82, 2.24) is 10.9 Å². The average molecular weight is 518 g/mol. The van der Waals surface area contributed by atoms with Crippen molar-refractivity contribution in [2.24, 2.45) is 0 Å². The molecule has 0 atom stereocenters. The monoisotopic (exact) mass is 517 g/mol. The lowest BCUT2D eigenvalue weighted by Crippen LogP contribution is -2.42. The van der Waals surface area contributed by atoms with E-state index in [1.807, 2.05) is 0 Å². The first-order valence-electron chi connectivity index (χ1n) is 10.0. The number of methoxy groups -OCH3 is 3. The van der Waals surface area contributed by atoms with Gasteiger partial charge in [-0.25, -0.2) is 0 Å². The molecule has 3 aromatic carbocycles. The van der Waals surface area contributed by atoms with Gasteiger partial charge in [0.05, 0.1) is 43.2 Å². The standard InChI is InChI=1S/C24H21Cl2N3O6/c1-33-19-10-13(11-20(34-2)21(19)35-3)22(30)27-18-7-5-4-6-16(18)24(32)29-28-23(31)15-9-8-14(25)12-17(15)26/h4-12H,1-3H3,(H,27,30)(H,28,31)(H,29,32). The second-order valence-electron chi connectivity index (χ2n) is 6.95. The number of anilines is 1. The molecule has 0 aliphatic heterocycles. The van der Waals surface area contributed by atoms with E-state index in [-0.39, 0.29) is 27.4 Å². The number of nitrogens with one attached hydrogen (secondary N) is 3. The molecule has 0 aliphatic carbocycles. The molecule has 182 valence electrons. The normalized spacial score (nSPS) is 10.2. The van der Waals surface area contributed by atoms with E-state index in [2.05, 4.69) is 16.2 Å². The van der Waals surface area contributed by atoms with Crippen molar-refractivity contribution in [2.75, 3.05) is 26.6 Å². The maximum Gasteiger partial charge on any atom is 0.271 e. The highest BCUT2D eigenvalue weighted by Gasteiger charge is 2.20. The summed E-state index contributed by atoms with van der Waals surface area (Å²) in [5, 5.41) is 3.18. The lowest BCUT2D eigenvalue weighted by atomic mass is 10.1. The number of hydrazine groups is 1. The molecule has 3 amide bonds. The summed E-state index contributed by atoms with van der Waals surface area (Å²) in [6, 6.07) is 13.6. The van der Waals surface area contributed by atoms with Crippen LogP contribution in [0.5, 0.6) is 17.2 Å². The zero-order valence-corrected chi connectivity index (χ0v) is 20.4. The molecule has 3 aromatic rings. The van der Waals surface area contributed by atoms with Crippen LogP contribution in [0.15, 0.2) is 54.6 Å². The summed E-state index contributed by atoms with van der Waals surface area (Å²) >= 11 is 11.9. The molecule has 0 saturated heterocycles. The van der Waals surface area contributed by atoms with Crippen LogP contribution in [0, 0.1) is 0 Å². The Morgan fingerprint density at radius 1 is 0.714 bits per heavy atom. The topological polar surface area (TPSA) is 115 Å². The number of carbonyl (C=O) groups excluding carboxylic acids is 3. The average Bonchev–Trinajstić information content (AvgIpc) is 2.86. The lowest BCUT2D eigenvalue weighted by molar-refractivity contribution is 0.0847. The number of carbonyl (C=O) groups is 3. The number of rotatable bonds is 7. The molecule has 0 heterocycles. The number of ether oxygens (including phenoxy) is 3. The Labute approximate surface area is 211 Å². The van der Waals surface area contributed by atoms with Gasteiger partial charge in [0, 0.05) is 10.6 Å². The Hall–Kier alpha value is -3.95. The summed E-state index contributed by atoms with van der Waals surface area (Å²) < 4.78 is 15.8. The fourth-order valence-corrected chi connectivity index (χ4v) is 3.61. The predicted molar refractivity (Wildman–Crippen MR) is 132 cm³/mol. The van der Waals surface area contributed by atoms with Crippen LogP contribution in [0.4, 0.5) is 5.69 Å². The van der Waals surface area contributed by atoms with Gasteiger partial charge in [-0.2, -0.15) is 0 Å². The molecular weight excluding hydrogens is 497 g/mol. The minimum atomic E-state index is -0.663. The van der Waals surface area contributed by atoms with Crippen LogP contribution >= 0.6 is 23.2 Å². The maximum absolute atomic E-state index is 13.0. The molecule has 35 heavy (non-hydrogen) atoms. The molecule has 9 nitrogen and oxygen atoms in total. The summed E-state index contributed by atoms with van der Waals surface area (Å²) in [5.41, 5.74) is 5.24. The van der Waals surface area contributed by atoms with Crippen LogP contribution in [0.3, 0.4) is 0 Å². The van der Waals surface area contributed by atoms with Crippen LogP contribution in [-0.2, 0) is 0 Å². The minimum Gasteiger partial charge on any atom is -0.493 e. The van der Waals surface area contributed by atoms with Gasteiger partial charge in [-0.1, -0.05) is 35.3 Å². The zero-order valence-electron chi connectivity index (χ0n) is 18.9. The second-order valence-corrected chi connectivity index (χ2v) is 7.79. The molecule has 3 N–H and O–H groups in total. The molecule has 0 spiro atoms. The fourth-order valence-electron chi connectivity index (χ4n) is 3.12. The summed E-state index contributed by atoms with van der Waals surface area (Å²) in [7, 11) is 4.32. The third-order valence-electron chi connectivity index (χ3n) is 4.81. The van der Waals surface area contributed by atoms with Crippen LogP contribution in [0.1, 0.15) is 31.1 Å². The third-order valence-corrected chi connectivity index (χ3v) is 5.36. The van der Waals surface area contributed by atoms with E-state index < -0.39 is 17.7 Å². The maximum atomic E-state index is 13.0. The van der Waals surface area contributed by atoms with Crippen LogP contribution < -0.4 is 30.4 Å². The molecular formula is C24H21Cl2N3O6. The number of halogens is 2. The summed E-state index contributed by atoms with van der Waals surface area (Å²) in [5.74, 6) is -0.897. The number of hydrogen-bond acceptors (Lipinski definition) is 6. The van der Waals surface area contributed by atoms with Crippen molar-refractivity contribution >= 4 is 46.6 Å². The van der Waals surface area contributed by atoms with E-state index in [1.54, 1.807) is 18.2 Å². The van der Waals surface area contributed by atoms with Gasteiger partial charge in [0.2, 0.25) is 5.75 Å². The van der Waals surface area contributed by atoms with Crippen LogP contribution in [0.25, 0.3) is 0 Å². The SMILES string of the molecule is COc1cc(C(=O)Nc2ccccc2C(=O)NNC(=O)c2ccc(Cl)cc2Cl)cc(OC)c1OC. The van der Waals surface area contributed by atoms with Gasteiger partial charge in [0.1, 0.15) is 0 Å². The Morgan fingerprint density at radius 2 is 1.31 bits per heavy atom. The highest BCUT2D eigenvalue weighted by Crippen LogP contribution is 2.38. The van der Waals surface area contributed by atoms with Gasteiger partial charge in [-0.15, -0.1) is 0 Å². The van der Waals surface area contributed by atoms with Gasteiger partial charge in [0.25, 0.3) is 17.7 Å². The minimum absolute atomic E-state index is 0.107. The smallest absolute Gasteiger partial charge is 0.271 e. The molecule has 11 heteroatoms. The fraction of sp³-hybridized carbons (Fsp3) is 0.125. The summed E-state index contributed by atoms with van der Waals surface area (Å²) in [6.07, 6.45) is 0. The summed E-state index contributed by atoms with van der Waals surface area (Å²) in [6.45, 7) is 0. The Balaban J connectivity index is 1.77. The van der Waals surface area contributed by atoms with E-state index in [4.69, 9.17) is 37.4 Å². The molecule has 0 bridgehead atoms. The molecule has 0 unspecified atom stereocenters. The quantitative estimate of drug-likeness (QED) is 0.401. The molecule has 0 aliphatic rings. The van der Waals surface area contributed by atoms with Gasteiger partial charge >= 0.3 is 0 Å².